The maximum atomic E-state index is 11.0. The average Bonchev–Trinajstić information content (AvgIpc) is 2.35. The number of thioether (sulfide) groups is 1. The fourth-order valence-electron chi connectivity index (χ4n) is 1.56. The molecular formula is C13H15NO4S. The average molecular weight is 281 g/mol. The summed E-state index contributed by atoms with van der Waals surface area (Å²) >= 11 is 1.52. The normalized spacial score (nSPS) is 11.2. The highest BCUT2D eigenvalue weighted by molar-refractivity contribution is 8.07. The standard InChI is InChI=1S/C13H15NO4S/c1-4-5-13(19-3)10-6-7-12(18-9(2)15)11(8-10)14(16)17/h5-8H,4H2,1-3H3/b13-5-. The first-order valence-electron chi connectivity index (χ1n) is 5.71. The largest absolute Gasteiger partial charge is 0.419 e. The maximum Gasteiger partial charge on any atom is 0.312 e. The van der Waals surface area contributed by atoms with Gasteiger partial charge < -0.3 is 4.74 Å². The minimum atomic E-state index is -0.579. The first kappa shape index (κ1) is 15.2. The van der Waals surface area contributed by atoms with Crippen LogP contribution in [0.4, 0.5) is 5.69 Å². The Hall–Kier alpha value is -1.82. The predicted molar refractivity (Wildman–Crippen MR) is 76.2 cm³/mol. The molecule has 0 aliphatic carbocycles. The van der Waals surface area contributed by atoms with Gasteiger partial charge in [0, 0.05) is 17.9 Å². The second-order valence-electron chi connectivity index (χ2n) is 3.71. The Labute approximate surface area is 115 Å². The van der Waals surface area contributed by atoms with Crippen LogP contribution in [0.15, 0.2) is 24.3 Å². The number of nitro benzene ring substituents is 1. The van der Waals surface area contributed by atoms with Crippen LogP contribution in [0.1, 0.15) is 25.8 Å². The Morgan fingerprint density at radius 1 is 1.53 bits per heavy atom. The van der Waals surface area contributed by atoms with Gasteiger partial charge in [0.1, 0.15) is 0 Å². The highest BCUT2D eigenvalue weighted by Gasteiger charge is 2.18. The molecule has 0 saturated heterocycles. The van der Waals surface area contributed by atoms with Crippen molar-refractivity contribution >= 4 is 28.3 Å². The van der Waals surface area contributed by atoms with Crippen molar-refractivity contribution in [3.05, 3.63) is 40.0 Å². The van der Waals surface area contributed by atoms with Crippen molar-refractivity contribution < 1.29 is 14.5 Å². The molecule has 0 unspecified atom stereocenters. The molecule has 1 aromatic carbocycles. The van der Waals surface area contributed by atoms with Gasteiger partial charge in [-0.25, -0.2) is 0 Å². The summed E-state index contributed by atoms with van der Waals surface area (Å²) < 4.78 is 4.83. The van der Waals surface area contributed by atoms with Gasteiger partial charge in [-0.05, 0) is 30.4 Å². The lowest BCUT2D eigenvalue weighted by Crippen LogP contribution is -2.04. The Bertz CT molecular complexity index is 525. The molecule has 0 bridgehead atoms. The van der Waals surface area contributed by atoms with E-state index in [0.29, 0.717) is 0 Å². The van der Waals surface area contributed by atoms with Crippen LogP contribution < -0.4 is 4.74 Å². The van der Waals surface area contributed by atoms with Gasteiger partial charge in [0.25, 0.3) is 0 Å². The molecule has 6 heteroatoms. The van der Waals surface area contributed by atoms with E-state index < -0.39 is 10.9 Å². The van der Waals surface area contributed by atoms with Gasteiger partial charge in [-0.3, -0.25) is 14.9 Å². The molecule has 5 nitrogen and oxygen atoms in total. The molecule has 0 heterocycles. The van der Waals surface area contributed by atoms with Crippen LogP contribution in [-0.2, 0) is 4.79 Å². The summed E-state index contributed by atoms with van der Waals surface area (Å²) in [5.74, 6) is -0.608. The van der Waals surface area contributed by atoms with Crippen molar-refractivity contribution in [2.45, 2.75) is 20.3 Å². The van der Waals surface area contributed by atoms with Gasteiger partial charge >= 0.3 is 11.7 Å². The molecule has 0 aliphatic rings. The van der Waals surface area contributed by atoms with Gasteiger partial charge in [0.15, 0.2) is 0 Å². The molecule has 1 aromatic rings. The molecule has 0 saturated carbocycles. The topological polar surface area (TPSA) is 69.4 Å². The zero-order valence-electron chi connectivity index (χ0n) is 11.0. The summed E-state index contributed by atoms with van der Waals surface area (Å²) in [6.07, 6.45) is 4.75. The van der Waals surface area contributed by atoms with E-state index in [2.05, 4.69) is 0 Å². The number of hydrogen-bond donors (Lipinski definition) is 0. The number of rotatable bonds is 5. The fourth-order valence-corrected chi connectivity index (χ4v) is 2.25. The number of carbonyl (C=O) groups excluding carboxylic acids is 1. The van der Waals surface area contributed by atoms with Gasteiger partial charge in [0.05, 0.1) is 4.92 Å². The monoisotopic (exact) mass is 281 g/mol. The Morgan fingerprint density at radius 2 is 2.21 bits per heavy atom. The van der Waals surface area contributed by atoms with E-state index in [4.69, 9.17) is 4.74 Å². The lowest BCUT2D eigenvalue weighted by Gasteiger charge is -2.07. The van der Waals surface area contributed by atoms with Crippen molar-refractivity contribution in [2.24, 2.45) is 0 Å². The number of ether oxygens (including phenoxy) is 1. The zero-order valence-corrected chi connectivity index (χ0v) is 11.8. The van der Waals surface area contributed by atoms with Crippen molar-refractivity contribution in [2.75, 3.05) is 6.26 Å². The lowest BCUT2D eigenvalue weighted by atomic mass is 10.1. The number of esters is 1. The third kappa shape index (κ3) is 4.10. The quantitative estimate of drug-likeness (QED) is 0.357. The SMILES string of the molecule is CC/C=C(\SC)c1ccc(OC(C)=O)c([N+](=O)[O-])c1. The van der Waals surface area contributed by atoms with Crippen molar-refractivity contribution in [1.29, 1.82) is 0 Å². The second kappa shape index (κ2) is 6.94. The minimum absolute atomic E-state index is 0.0294. The Kier molecular flexibility index (Phi) is 5.57. The van der Waals surface area contributed by atoms with Gasteiger partial charge in [0.2, 0.25) is 5.75 Å². The van der Waals surface area contributed by atoms with Gasteiger partial charge in [-0.2, -0.15) is 0 Å². The summed E-state index contributed by atoms with van der Waals surface area (Å²) in [7, 11) is 0. The molecule has 1 rings (SSSR count). The zero-order chi connectivity index (χ0) is 14.4. The summed E-state index contributed by atoms with van der Waals surface area (Å²) in [6, 6.07) is 4.59. The fraction of sp³-hybridized carbons (Fsp3) is 0.308. The van der Waals surface area contributed by atoms with Crippen molar-refractivity contribution in [3.8, 4) is 5.75 Å². The molecule has 19 heavy (non-hydrogen) atoms. The smallest absolute Gasteiger partial charge is 0.312 e. The predicted octanol–water partition coefficient (Wildman–Crippen LogP) is 3.63. The first-order chi connectivity index (χ1) is 8.99. The number of benzene rings is 1. The molecule has 0 aliphatic heterocycles. The third-order valence-electron chi connectivity index (χ3n) is 2.30. The van der Waals surface area contributed by atoms with E-state index >= 15 is 0 Å². The van der Waals surface area contributed by atoms with E-state index in [1.165, 1.54) is 30.8 Å². The molecule has 0 N–H and O–H groups in total. The van der Waals surface area contributed by atoms with E-state index in [9.17, 15) is 14.9 Å². The van der Waals surface area contributed by atoms with Crippen LogP contribution in [0.3, 0.4) is 0 Å². The van der Waals surface area contributed by atoms with Crippen LogP contribution in [0.25, 0.3) is 4.91 Å². The molecule has 0 spiro atoms. The third-order valence-corrected chi connectivity index (χ3v) is 3.15. The summed E-state index contributed by atoms with van der Waals surface area (Å²) in [5, 5.41) is 11.0. The van der Waals surface area contributed by atoms with Gasteiger partial charge in [-0.15, -0.1) is 11.8 Å². The van der Waals surface area contributed by atoms with Crippen LogP contribution >= 0.6 is 11.8 Å². The maximum absolute atomic E-state index is 11.0. The first-order valence-corrected chi connectivity index (χ1v) is 6.93. The van der Waals surface area contributed by atoms with Crippen LogP contribution in [0, 0.1) is 10.1 Å². The van der Waals surface area contributed by atoms with E-state index in [1.807, 2.05) is 19.3 Å². The van der Waals surface area contributed by atoms with Crippen molar-refractivity contribution in [3.63, 3.8) is 0 Å². The summed E-state index contributed by atoms with van der Waals surface area (Å²) in [6.45, 7) is 3.21. The van der Waals surface area contributed by atoms with Crippen molar-refractivity contribution in [1.82, 2.24) is 0 Å². The molecule has 0 radical (unpaired) electrons. The van der Waals surface area contributed by atoms with E-state index in [1.54, 1.807) is 6.07 Å². The highest BCUT2D eigenvalue weighted by atomic mass is 32.2. The molecule has 0 aromatic heterocycles. The molecule has 0 fully saturated rings. The summed E-state index contributed by atoms with van der Waals surface area (Å²) in [4.78, 5) is 22.3. The number of carbonyl (C=O) groups is 1. The number of hydrogen-bond acceptors (Lipinski definition) is 5. The van der Waals surface area contributed by atoms with Crippen LogP contribution in [0.5, 0.6) is 5.75 Å². The van der Waals surface area contributed by atoms with Crippen LogP contribution in [-0.4, -0.2) is 17.1 Å². The Morgan fingerprint density at radius 3 is 2.68 bits per heavy atom. The Balaban J connectivity index is 3.26. The highest BCUT2D eigenvalue weighted by Crippen LogP contribution is 2.34. The number of nitrogens with zero attached hydrogens (tertiary/aromatic N) is 1. The lowest BCUT2D eigenvalue weighted by molar-refractivity contribution is -0.385. The van der Waals surface area contributed by atoms with Gasteiger partial charge in [-0.1, -0.05) is 13.0 Å². The molecule has 0 atom stereocenters. The van der Waals surface area contributed by atoms with E-state index in [-0.39, 0.29) is 11.4 Å². The molecular weight excluding hydrogens is 266 g/mol. The van der Waals surface area contributed by atoms with Crippen LogP contribution in [0.2, 0.25) is 0 Å². The minimum Gasteiger partial charge on any atom is -0.419 e. The number of nitro groups is 1. The number of allylic oxidation sites excluding steroid dienone is 1. The van der Waals surface area contributed by atoms with E-state index in [0.717, 1.165) is 16.9 Å². The summed E-state index contributed by atoms with van der Waals surface area (Å²) in [5.41, 5.74) is 0.542. The molecule has 0 amide bonds. The second-order valence-corrected chi connectivity index (χ2v) is 4.56. The molecule has 102 valence electrons.